The molecule has 0 unspecified atom stereocenters. The van der Waals surface area contributed by atoms with Crippen LogP contribution in [0.1, 0.15) is 15.9 Å². The van der Waals surface area contributed by atoms with Crippen molar-refractivity contribution in [1.82, 2.24) is 0 Å². The Hall–Kier alpha value is -1.74. The van der Waals surface area contributed by atoms with Gasteiger partial charge in [-0.1, -0.05) is 52.3 Å². The van der Waals surface area contributed by atoms with Crippen LogP contribution in [0.25, 0.3) is 11.1 Å². The first-order chi connectivity index (χ1) is 8.20. The van der Waals surface area contributed by atoms with E-state index in [1.54, 1.807) is 6.07 Å². The lowest BCUT2D eigenvalue weighted by molar-refractivity contribution is 0.106. The maximum absolute atomic E-state index is 12.1. The van der Waals surface area contributed by atoms with E-state index in [9.17, 15) is 4.79 Å². The van der Waals surface area contributed by atoms with Crippen molar-refractivity contribution < 1.29 is 4.79 Å². The molecule has 2 aromatic carbocycles. The summed E-state index contributed by atoms with van der Waals surface area (Å²) in [5, 5.41) is 7.93. The molecule has 1 aliphatic rings. The van der Waals surface area contributed by atoms with E-state index in [0.717, 1.165) is 15.6 Å². The van der Waals surface area contributed by atoms with Gasteiger partial charge in [0.15, 0.2) is 0 Å². The monoisotopic (exact) mass is 285 g/mol. The van der Waals surface area contributed by atoms with Crippen LogP contribution in [0.2, 0.25) is 0 Å². The van der Waals surface area contributed by atoms with Crippen molar-refractivity contribution in [2.24, 2.45) is 0 Å². The van der Waals surface area contributed by atoms with Crippen LogP contribution in [0.5, 0.6) is 0 Å². The SMILES string of the molecule is N=C1C(=O)c2ccccc2-c2c(Br)cccc21. The molecule has 0 bridgehead atoms. The average molecular weight is 286 g/mol. The highest BCUT2D eigenvalue weighted by Crippen LogP contribution is 2.38. The molecular weight excluding hydrogens is 278 g/mol. The van der Waals surface area contributed by atoms with E-state index in [-0.39, 0.29) is 11.5 Å². The minimum absolute atomic E-state index is 0.0694. The van der Waals surface area contributed by atoms with Crippen molar-refractivity contribution in [3.8, 4) is 11.1 Å². The molecule has 0 saturated heterocycles. The summed E-state index contributed by atoms with van der Waals surface area (Å²) in [5.41, 5.74) is 3.21. The quantitative estimate of drug-likeness (QED) is 0.788. The van der Waals surface area contributed by atoms with Gasteiger partial charge in [-0.05, 0) is 11.6 Å². The number of rotatable bonds is 0. The van der Waals surface area contributed by atoms with Gasteiger partial charge in [0, 0.05) is 21.2 Å². The Morgan fingerprint density at radius 1 is 0.882 bits per heavy atom. The lowest BCUT2D eigenvalue weighted by Crippen LogP contribution is -2.21. The molecule has 2 aromatic rings. The fourth-order valence-electron chi connectivity index (χ4n) is 2.16. The third-order valence-electron chi connectivity index (χ3n) is 2.95. The molecular formula is C14H8BrNO. The number of benzene rings is 2. The minimum Gasteiger partial charge on any atom is -0.296 e. The number of fused-ring (bicyclic) bond motifs is 3. The molecule has 0 fully saturated rings. The molecule has 0 radical (unpaired) electrons. The molecule has 0 heterocycles. The van der Waals surface area contributed by atoms with Crippen molar-refractivity contribution in [2.75, 3.05) is 0 Å². The predicted octanol–water partition coefficient (Wildman–Crippen LogP) is 3.68. The van der Waals surface area contributed by atoms with Crippen molar-refractivity contribution in [3.63, 3.8) is 0 Å². The van der Waals surface area contributed by atoms with Crippen LogP contribution in [0.3, 0.4) is 0 Å². The number of halogens is 1. The summed E-state index contributed by atoms with van der Waals surface area (Å²) in [4.78, 5) is 12.1. The molecule has 1 N–H and O–H groups in total. The van der Waals surface area contributed by atoms with Gasteiger partial charge in [-0.25, -0.2) is 0 Å². The number of hydrogen-bond donors (Lipinski definition) is 1. The highest BCUT2D eigenvalue weighted by atomic mass is 79.9. The van der Waals surface area contributed by atoms with Gasteiger partial charge in [0.05, 0.1) is 0 Å². The van der Waals surface area contributed by atoms with Gasteiger partial charge in [0.25, 0.3) is 0 Å². The number of carbonyl (C=O) groups is 1. The van der Waals surface area contributed by atoms with E-state index in [1.165, 1.54) is 0 Å². The summed E-state index contributed by atoms with van der Waals surface area (Å²) < 4.78 is 0.916. The van der Waals surface area contributed by atoms with Gasteiger partial charge in [-0.2, -0.15) is 0 Å². The molecule has 0 spiro atoms. The summed E-state index contributed by atoms with van der Waals surface area (Å²) in [7, 11) is 0. The summed E-state index contributed by atoms with van der Waals surface area (Å²) in [6.45, 7) is 0. The van der Waals surface area contributed by atoms with Crippen molar-refractivity contribution in [1.29, 1.82) is 5.41 Å². The topological polar surface area (TPSA) is 40.9 Å². The molecule has 17 heavy (non-hydrogen) atoms. The van der Waals surface area contributed by atoms with Crippen molar-refractivity contribution >= 4 is 27.4 Å². The first-order valence-corrected chi connectivity index (χ1v) is 6.01. The van der Waals surface area contributed by atoms with Gasteiger partial charge in [-0.15, -0.1) is 0 Å². The molecule has 0 atom stereocenters. The molecule has 82 valence electrons. The normalized spacial score (nSPS) is 13.2. The Bertz CT molecular complexity index is 661. The predicted molar refractivity (Wildman–Crippen MR) is 70.7 cm³/mol. The Balaban J connectivity index is 2.45. The maximum atomic E-state index is 12.1. The number of Topliss-reactive ketones (excluding diaryl/α,β-unsaturated/α-hetero) is 1. The fraction of sp³-hybridized carbons (Fsp3) is 0. The average Bonchev–Trinajstić information content (AvgIpc) is 2.36. The highest BCUT2D eigenvalue weighted by Gasteiger charge is 2.28. The maximum Gasteiger partial charge on any atom is 0.211 e. The Labute approximate surface area is 107 Å². The van der Waals surface area contributed by atoms with E-state index in [2.05, 4.69) is 15.9 Å². The van der Waals surface area contributed by atoms with Crippen LogP contribution < -0.4 is 0 Å². The van der Waals surface area contributed by atoms with E-state index in [4.69, 9.17) is 5.41 Å². The summed E-state index contributed by atoms with van der Waals surface area (Å²) in [6.07, 6.45) is 0. The van der Waals surface area contributed by atoms with Crippen molar-refractivity contribution in [3.05, 3.63) is 58.1 Å². The molecule has 0 amide bonds. The zero-order valence-electron chi connectivity index (χ0n) is 8.83. The third kappa shape index (κ3) is 1.39. The molecule has 2 nitrogen and oxygen atoms in total. The number of nitrogens with one attached hydrogen (secondary N) is 1. The van der Waals surface area contributed by atoms with Crippen LogP contribution in [0.4, 0.5) is 0 Å². The number of carbonyl (C=O) groups excluding carboxylic acids is 1. The van der Waals surface area contributed by atoms with E-state index in [1.807, 2.05) is 36.4 Å². The molecule has 0 saturated carbocycles. The van der Waals surface area contributed by atoms with Crippen molar-refractivity contribution in [2.45, 2.75) is 0 Å². The third-order valence-corrected chi connectivity index (χ3v) is 3.61. The van der Waals surface area contributed by atoms with Gasteiger partial charge in [-0.3, -0.25) is 10.2 Å². The summed E-state index contributed by atoms with van der Waals surface area (Å²) in [6, 6.07) is 13.0. The molecule has 1 aliphatic carbocycles. The number of hydrogen-bond acceptors (Lipinski definition) is 2. The number of ketones is 1. The molecule has 0 aliphatic heterocycles. The largest absolute Gasteiger partial charge is 0.296 e. The smallest absolute Gasteiger partial charge is 0.211 e. The standard InChI is InChI=1S/C14H8BrNO/c15-11-7-3-6-10-12(11)8-4-1-2-5-9(8)14(17)13(10)16/h1-7,16H. The van der Waals surface area contributed by atoms with E-state index < -0.39 is 0 Å². The highest BCUT2D eigenvalue weighted by molar-refractivity contribution is 9.10. The Morgan fingerprint density at radius 3 is 2.29 bits per heavy atom. The van der Waals surface area contributed by atoms with Crippen LogP contribution in [-0.2, 0) is 0 Å². The summed E-state index contributed by atoms with van der Waals surface area (Å²) >= 11 is 3.49. The molecule has 0 aromatic heterocycles. The van der Waals surface area contributed by atoms with Gasteiger partial charge in [0.2, 0.25) is 5.78 Å². The second-order valence-corrected chi connectivity index (χ2v) is 4.77. The fourth-order valence-corrected chi connectivity index (χ4v) is 2.74. The lowest BCUT2D eigenvalue weighted by atomic mass is 9.83. The minimum atomic E-state index is -0.203. The van der Waals surface area contributed by atoms with Crippen LogP contribution >= 0.6 is 15.9 Å². The van der Waals surface area contributed by atoms with Gasteiger partial charge >= 0.3 is 0 Å². The van der Waals surface area contributed by atoms with Gasteiger partial charge in [0.1, 0.15) is 5.71 Å². The summed E-state index contributed by atoms with van der Waals surface area (Å²) in [5.74, 6) is -0.203. The molecule has 3 rings (SSSR count). The Kier molecular flexibility index (Phi) is 2.23. The van der Waals surface area contributed by atoms with Crippen LogP contribution in [-0.4, -0.2) is 11.5 Å². The van der Waals surface area contributed by atoms with E-state index >= 15 is 0 Å². The van der Waals surface area contributed by atoms with Crippen LogP contribution in [0, 0.1) is 5.41 Å². The molecule has 3 heteroatoms. The second kappa shape index (κ2) is 3.64. The second-order valence-electron chi connectivity index (χ2n) is 3.91. The first-order valence-electron chi connectivity index (χ1n) is 5.21. The van der Waals surface area contributed by atoms with E-state index in [0.29, 0.717) is 11.1 Å². The first kappa shape index (κ1) is 10.4. The lowest BCUT2D eigenvalue weighted by Gasteiger charge is -2.20. The zero-order chi connectivity index (χ0) is 12.0. The zero-order valence-corrected chi connectivity index (χ0v) is 10.4. The van der Waals surface area contributed by atoms with Crippen LogP contribution in [0.15, 0.2) is 46.9 Å². The van der Waals surface area contributed by atoms with Gasteiger partial charge < -0.3 is 0 Å². The Morgan fingerprint density at radius 2 is 1.53 bits per heavy atom.